The second-order valence-corrected chi connectivity index (χ2v) is 6.25. The minimum Gasteiger partial charge on any atom is -0.493 e. The van der Waals surface area contributed by atoms with Gasteiger partial charge in [-0.25, -0.2) is 0 Å². The van der Waals surface area contributed by atoms with Crippen molar-refractivity contribution in [3.05, 3.63) is 23.8 Å². The van der Waals surface area contributed by atoms with Crippen LogP contribution in [0.3, 0.4) is 0 Å². The molecule has 1 saturated carbocycles. The Morgan fingerprint density at radius 1 is 1.13 bits per heavy atom. The first-order valence-corrected chi connectivity index (χ1v) is 7.29. The fourth-order valence-corrected chi connectivity index (χ4v) is 3.83. The maximum Gasteiger partial charge on any atom is 0.312 e. The molecule has 0 aromatic heterocycles. The van der Waals surface area contributed by atoms with Gasteiger partial charge in [0.2, 0.25) is 0 Å². The van der Waals surface area contributed by atoms with Crippen LogP contribution in [-0.2, 0) is 16.1 Å². The molecule has 0 spiro atoms. The van der Waals surface area contributed by atoms with E-state index in [-0.39, 0.29) is 19.5 Å². The van der Waals surface area contributed by atoms with E-state index in [0.717, 1.165) is 5.56 Å². The normalized spacial score (nSPS) is 29.0. The average molecular weight is 321 g/mol. The van der Waals surface area contributed by atoms with Crippen molar-refractivity contribution in [1.29, 1.82) is 0 Å². The molecule has 3 rings (SSSR count). The average Bonchev–Trinajstić information content (AvgIpc) is 3.06. The first kappa shape index (κ1) is 15.6. The van der Waals surface area contributed by atoms with Gasteiger partial charge in [0.25, 0.3) is 0 Å². The second-order valence-electron chi connectivity index (χ2n) is 6.25. The predicted octanol–water partition coefficient (Wildman–Crippen LogP) is 1.07. The number of hydrogen-bond donors (Lipinski definition) is 2. The highest BCUT2D eigenvalue weighted by molar-refractivity contribution is 5.94. The number of rotatable bonds is 6. The van der Waals surface area contributed by atoms with E-state index >= 15 is 0 Å². The Morgan fingerprint density at radius 2 is 1.74 bits per heavy atom. The van der Waals surface area contributed by atoms with Crippen LogP contribution in [0.2, 0.25) is 0 Å². The molecule has 1 heterocycles. The Bertz CT molecular complexity index is 647. The van der Waals surface area contributed by atoms with Crippen LogP contribution >= 0.6 is 0 Å². The maximum absolute atomic E-state index is 11.6. The van der Waals surface area contributed by atoms with Crippen molar-refractivity contribution in [3.63, 3.8) is 0 Å². The smallest absolute Gasteiger partial charge is 0.312 e. The predicted molar refractivity (Wildman–Crippen MR) is 79.6 cm³/mol. The Hall–Kier alpha value is -2.28. The monoisotopic (exact) mass is 321 g/mol. The highest BCUT2D eigenvalue weighted by atomic mass is 16.5. The molecule has 1 aliphatic carbocycles. The third-order valence-electron chi connectivity index (χ3n) is 5.08. The molecule has 0 bridgehead atoms. The van der Waals surface area contributed by atoms with E-state index in [1.165, 1.54) is 0 Å². The van der Waals surface area contributed by atoms with Crippen LogP contribution < -0.4 is 9.47 Å². The number of carbonyl (C=O) groups is 2. The molecule has 124 valence electrons. The molecular weight excluding hydrogens is 302 g/mol. The number of piperidine rings is 1. The van der Waals surface area contributed by atoms with Crippen LogP contribution in [0.1, 0.15) is 12.0 Å². The first-order valence-electron chi connectivity index (χ1n) is 7.29. The summed E-state index contributed by atoms with van der Waals surface area (Å²) in [6.07, 6.45) is 0.205. The lowest BCUT2D eigenvalue weighted by Crippen LogP contribution is -2.28. The Kier molecular flexibility index (Phi) is 3.48. The Labute approximate surface area is 133 Å². The molecule has 7 nitrogen and oxygen atoms in total. The number of ether oxygens (including phenoxy) is 2. The number of hydrogen-bond acceptors (Lipinski definition) is 5. The van der Waals surface area contributed by atoms with Crippen molar-refractivity contribution in [2.24, 2.45) is 10.8 Å². The number of nitrogens with zero attached hydrogens (tertiary/aromatic N) is 1. The lowest BCUT2D eigenvalue weighted by molar-refractivity contribution is -0.151. The third-order valence-corrected chi connectivity index (χ3v) is 5.08. The topological polar surface area (TPSA) is 96.3 Å². The summed E-state index contributed by atoms with van der Waals surface area (Å²) in [5.41, 5.74) is -1.48. The molecular formula is C16H19NO6. The molecule has 2 atom stereocenters. The molecule has 7 heteroatoms. The summed E-state index contributed by atoms with van der Waals surface area (Å²) < 4.78 is 10.6. The fraction of sp³-hybridized carbons (Fsp3) is 0.500. The zero-order chi connectivity index (χ0) is 16.8. The summed E-state index contributed by atoms with van der Waals surface area (Å²) in [6.45, 7) is 0.883. The minimum atomic E-state index is -1.16. The van der Waals surface area contributed by atoms with E-state index < -0.39 is 22.8 Å². The number of fused-ring (bicyclic) bond motifs is 1. The van der Waals surface area contributed by atoms with Crippen LogP contribution in [0.4, 0.5) is 0 Å². The van der Waals surface area contributed by atoms with E-state index in [0.29, 0.717) is 18.0 Å². The van der Waals surface area contributed by atoms with Gasteiger partial charge in [-0.2, -0.15) is 0 Å². The quantitative estimate of drug-likeness (QED) is 0.809. The molecule has 2 aliphatic rings. The summed E-state index contributed by atoms with van der Waals surface area (Å²) in [4.78, 5) is 25.0. The number of carboxylic acid groups (broad SMARTS) is 2. The molecule has 0 radical (unpaired) electrons. The van der Waals surface area contributed by atoms with Gasteiger partial charge in [-0.15, -0.1) is 0 Å². The van der Waals surface area contributed by atoms with Gasteiger partial charge in [-0.1, -0.05) is 12.1 Å². The third kappa shape index (κ3) is 2.07. The fourth-order valence-electron chi connectivity index (χ4n) is 3.83. The molecule has 1 aliphatic heterocycles. The van der Waals surface area contributed by atoms with Crippen molar-refractivity contribution in [1.82, 2.24) is 4.90 Å². The Balaban J connectivity index is 1.84. The summed E-state index contributed by atoms with van der Waals surface area (Å²) in [5.74, 6) is -0.875. The van der Waals surface area contributed by atoms with Crippen molar-refractivity contribution in [3.8, 4) is 11.5 Å². The number of likely N-dealkylation sites (tertiary alicyclic amines) is 1. The second kappa shape index (κ2) is 5.13. The van der Waals surface area contributed by atoms with Gasteiger partial charge in [-0.3, -0.25) is 14.5 Å². The number of methoxy groups -OCH3 is 2. The van der Waals surface area contributed by atoms with Crippen LogP contribution in [0.5, 0.6) is 11.5 Å². The molecule has 0 unspecified atom stereocenters. The number of benzene rings is 1. The molecule has 23 heavy (non-hydrogen) atoms. The highest BCUT2D eigenvalue weighted by Gasteiger charge is 2.80. The van der Waals surface area contributed by atoms with Crippen LogP contribution in [-0.4, -0.2) is 54.4 Å². The number of aliphatic carboxylic acids is 2. The van der Waals surface area contributed by atoms with Gasteiger partial charge in [0.1, 0.15) is 0 Å². The Morgan fingerprint density at radius 3 is 2.22 bits per heavy atom. The van der Waals surface area contributed by atoms with Gasteiger partial charge in [0.15, 0.2) is 11.5 Å². The van der Waals surface area contributed by atoms with Gasteiger partial charge in [0.05, 0.1) is 25.0 Å². The van der Waals surface area contributed by atoms with Gasteiger partial charge >= 0.3 is 11.9 Å². The largest absolute Gasteiger partial charge is 0.493 e. The van der Waals surface area contributed by atoms with Crippen LogP contribution in [0.25, 0.3) is 0 Å². The van der Waals surface area contributed by atoms with Gasteiger partial charge in [-0.05, 0) is 12.5 Å². The molecule has 1 aromatic carbocycles. The SMILES string of the molecule is COc1cccc(CN2C[C@@]3(C(=O)O)C[C@@]3(C(=O)O)C2)c1OC. The summed E-state index contributed by atoms with van der Waals surface area (Å²) >= 11 is 0. The van der Waals surface area contributed by atoms with Crippen LogP contribution in [0.15, 0.2) is 18.2 Å². The maximum atomic E-state index is 11.6. The highest BCUT2D eigenvalue weighted by Crippen LogP contribution is 2.68. The van der Waals surface area contributed by atoms with Crippen molar-refractivity contribution in [2.45, 2.75) is 13.0 Å². The number of para-hydroxylation sites is 1. The number of carboxylic acids is 2. The van der Waals surface area contributed by atoms with Gasteiger partial charge < -0.3 is 19.7 Å². The zero-order valence-electron chi connectivity index (χ0n) is 13.0. The van der Waals surface area contributed by atoms with Crippen LogP contribution in [0, 0.1) is 10.8 Å². The lowest BCUT2D eigenvalue weighted by atomic mass is 9.97. The van der Waals surface area contributed by atoms with E-state index in [1.54, 1.807) is 20.3 Å². The zero-order valence-corrected chi connectivity index (χ0v) is 13.0. The molecule has 2 N–H and O–H groups in total. The minimum absolute atomic E-state index is 0.205. The van der Waals surface area contributed by atoms with E-state index in [9.17, 15) is 19.8 Å². The molecule has 1 saturated heterocycles. The van der Waals surface area contributed by atoms with Crippen molar-refractivity contribution in [2.75, 3.05) is 27.3 Å². The molecule has 0 amide bonds. The van der Waals surface area contributed by atoms with E-state index in [1.807, 2.05) is 17.0 Å². The summed E-state index contributed by atoms with van der Waals surface area (Å²) in [5, 5.41) is 18.9. The summed E-state index contributed by atoms with van der Waals surface area (Å²) in [6, 6.07) is 5.47. The molecule has 1 aromatic rings. The van der Waals surface area contributed by atoms with Gasteiger partial charge in [0, 0.05) is 25.2 Å². The van der Waals surface area contributed by atoms with E-state index in [4.69, 9.17) is 9.47 Å². The van der Waals surface area contributed by atoms with Crippen molar-refractivity contribution < 1.29 is 29.3 Å². The standard InChI is InChI=1S/C16H19NO6/c1-22-11-5-3-4-10(12(11)23-2)6-17-8-15(13(18)19)7-16(15,9-17)14(20)21/h3-5H,6-9H2,1-2H3,(H,18,19)(H,20,21)/t15-,16+. The summed E-state index contributed by atoms with van der Waals surface area (Å²) in [7, 11) is 3.09. The molecule has 2 fully saturated rings. The van der Waals surface area contributed by atoms with E-state index in [2.05, 4.69) is 0 Å². The van der Waals surface area contributed by atoms with Crippen molar-refractivity contribution >= 4 is 11.9 Å². The lowest BCUT2D eigenvalue weighted by Gasteiger charge is -2.21. The first-order chi connectivity index (χ1) is 10.9.